The van der Waals surface area contributed by atoms with Gasteiger partial charge in [0.25, 0.3) is 0 Å². The summed E-state index contributed by atoms with van der Waals surface area (Å²) < 4.78 is 28.9. The van der Waals surface area contributed by atoms with Crippen molar-refractivity contribution in [2.24, 2.45) is 0 Å². The normalized spacial score (nSPS) is 10.6. The Labute approximate surface area is 155 Å². The van der Waals surface area contributed by atoms with Crippen molar-refractivity contribution in [2.45, 2.75) is 13.5 Å². The number of halogens is 1. The predicted octanol–water partition coefficient (Wildman–Crippen LogP) is 4.03. The number of aromatic nitrogens is 1. The molecule has 0 atom stereocenters. The van der Waals surface area contributed by atoms with Gasteiger partial charge in [-0.05, 0) is 55.5 Å². The summed E-state index contributed by atoms with van der Waals surface area (Å²) in [5, 5.41) is 6.62. The number of carbonyl (C=O) groups is 1. The highest BCUT2D eigenvalue weighted by Gasteiger charge is 2.09. The average Bonchev–Trinajstić information content (AvgIpc) is 3.13. The fourth-order valence-corrected chi connectivity index (χ4v) is 2.38. The minimum Gasteiger partial charge on any atom is -0.494 e. The smallest absolute Gasteiger partial charge is 0.250 e. The van der Waals surface area contributed by atoms with Gasteiger partial charge >= 0.3 is 0 Å². The van der Waals surface area contributed by atoms with E-state index in [1.807, 2.05) is 6.92 Å². The largest absolute Gasteiger partial charge is 0.494 e. The Bertz CT molecular complexity index is 876. The van der Waals surface area contributed by atoms with Gasteiger partial charge in [0.05, 0.1) is 13.2 Å². The Kier molecular flexibility index (Phi) is 6.17. The predicted molar refractivity (Wildman–Crippen MR) is 97.8 cm³/mol. The van der Waals surface area contributed by atoms with Gasteiger partial charge in [-0.25, -0.2) is 4.39 Å². The third-order valence-corrected chi connectivity index (χ3v) is 3.62. The molecule has 2 aromatic carbocycles. The van der Waals surface area contributed by atoms with Crippen LogP contribution in [0.2, 0.25) is 0 Å². The Morgan fingerprint density at radius 2 is 1.89 bits per heavy atom. The molecule has 0 aliphatic heterocycles. The van der Waals surface area contributed by atoms with Gasteiger partial charge in [-0.2, -0.15) is 0 Å². The van der Waals surface area contributed by atoms with E-state index in [4.69, 9.17) is 14.0 Å². The van der Waals surface area contributed by atoms with E-state index in [0.717, 1.165) is 5.75 Å². The van der Waals surface area contributed by atoms with Crippen LogP contribution in [0.1, 0.15) is 12.6 Å². The van der Waals surface area contributed by atoms with E-state index < -0.39 is 0 Å². The highest BCUT2D eigenvalue weighted by Crippen LogP contribution is 2.21. The monoisotopic (exact) mass is 370 g/mol. The van der Waals surface area contributed by atoms with E-state index in [9.17, 15) is 9.18 Å². The summed E-state index contributed by atoms with van der Waals surface area (Å²) in [6.07, 6.45) is 0. The molecule has 1 N–H and O–H groups in total. The number of hydrogen-bond donors (Lipinski definition) is 1. The first kappa shape index (κ1) is 18.6. The standard InChI is InChI=1S/C20H19FN2O4/c1-2-26-18-9-7-16(8-10-18)22-20(24)13-25-12-17-11-19(27-23-17)14-3-5-15(21)6-4-14/h3-11H,2,12-13H2,1H3,(H,22,24). The fraction of sp³-hybridized carbons (Fsp3) is 0.200. The molecule has 0 saturated carbocycles. The van der Waals surface area contributed by atoms with Crippen molar-refractivity contribution in [1.29, 1.82) is 0 Å². The maximum Gasteiger partial charge on any atom is 0.250 e. The van der Waals surface area contributed by atoms with Gasteiger partial charge in [0.2, 0.25) is 5.91 Å². The fourth-order valence-electron chi connectivity index (χ4n) is 2.38. The van der Waals surface area contributed by atoms with Gasteiger partial charge in [0, 0.05) is 17.3 Å². The van der Waals surface area contributed by atoms with Crippen LogP contribution in [-0.2, 0) is 16.1 Å². The van der Waals surface area contributed by atoms with Gasteiger partial charge in [0.1, 0.15) is 23.9 Å². The van der Waals surface area contributed by atoms with Crippen molar-refractivity contribution >= 4 is 11.6 Å². The van der Waals surface area contributed by atoms with Gasteiger partial charge in [-0.1, -0.05) is 5.16 Å². The highest BCUT2D eigenvalue weighted by molar-refractivity contribution is 5.91. The topological polar surface area (TPSA) is 73.6 Å². The molecule has 1 amide bonds. The van der Waals surface area contributed by atoms with Crippen molar-refractivity contribution in [3.05, 3.63) is 66.1 Å². The van der Waals surface area contributed by atoms with E-state index in [1.165, 1.54) is 12.1 Å². The second-order valence-corrected chi connectivity index (χ2v) is 5.69. The molecule has 1 aromatic heterocycles. The molecule has 0 aliphatic rings. The molecule has 6 nitrogen and oxygen atoms in total. The number of hydrogen-bond acceptors (Lipinski definition) is 5. The number of ether oxygens (including phenoxy) is 2. The van der Waals surface area contributed by atoms with Crippen LogP contribution in [0.5, 0.6) is 5.75 Å². The van der Waals surface area contributed by atoms with Crippen molar-refractivity contribution in [2.75, 3.05) is 18.5 Å². The molecule has 0 spiro atoms. The Hall–Kier alpha value is -3.19. The minimum absolute atomic E-state index is 0.119. The van der Waals surface area contributed by atoms with Gasteiger partial charge in [-0.3, -0.25) is 4.79 Å². The second-order valence-electron chi connectivity index (χ2n) is 5.69. The lowest BCUT2D eigenvalue weighted by Gasteiger charge is -2.07. The molecular weight excluding hydrogens is 351 g/mol. The summed E-state index contributed by atoms with van der Waals surface area (Å²) >= 11 is 0. The second kappa shape index (κ2) is 8.95. The molecular formula is C20H19FN2O4. The molecule has 0 saturated heterocycles. The minimum atomic E-state index is -0.319. The Morgan fingerprint density at radius 3 is 2.59 bits per heavy atom. The molecule has 140 valence electrons. The average molecular weight is 370 g/mol. The zero-order valence-corrected chi connectivity index (χ0v) is 14.8. The Balaban J connectivity index is 1.45. The molecule has 0 bridgehead atoms. The van der Waals surface area contributed by atoms with Crippen LogP contribution in [0.15, 0.2) is 59.1 Å². The first-order valence-corrected chi connectivity index (χ1v) is 8.46. The lowest BCUT2D eigenvalue weighted by atomic mass is 10.1. The summed E-state index contributed by atoms with van der Waals surface area (Å²) in [6.45, 7) is 2.50. The van der Waals surface area contributed by atoms with Crippen molar-refractivity contribution in [1.82, 2.24) is 5.16 Å². The lowest BCUT2D eigenvalue weighted by molar-refractivity contribution is -0.121. The molecule has 1 heterocycles. The van der Waals surface area contributed by atoms with Crippen molar-refractivity contribution in [3.8, 4) is 17.1 Å². The van der Waals surface area contributed by atoms with Crippen LogP contribution in [0.4, 0.5) is 10.1 Å². The van der Waals surface area contributed by atoms with Crippen LogP contribution >= 0.6 is 0 Å². The van der Waals surface area contributed by atoms with E-state index in [2.05, 4.69) is 10.5 Å². The number of amides is 1. The number of anilines is 1. The first-order valence-electron chi connectivity index (χ1n) is 8.46. The summed E-state index contributed by atoms with van der Waals surface area (Å²) in [5.74, 6) is 0.656. The van der Waals surface area contributed by atoms with Gasteiger partial charge < -0.3 is 19.3 Å². The molecule has 7 heteroatoms. The maximum absolute atomic E-state index is 13.0. The maximum atomic E-state index is 13.0. The lowest BCUT2D eigenvalue weighted by Crippen LogP contribution is -2.18. The number of nitrogens with zero attached hydrogens (tertiary/aromatic N) is 1. The molecule has 3 aromatic rings. The van der Waals surface area contributed by atoms with Crippen LogP contribution in [0, 0.1) is 5.82 Å². The van der Waals surface area contributed by atoms with E-state index >= 15 is 0 Å². The zero-order valence-electron chi connectivity index (χ0n) is 14.8. The van der Waals surface area contributed by atoms with Crippen LogP contribution < -0.4 is 10.1 Å². The van der Waals surface area contributed by atoms with Crippen molar-refractivity contribution < 1.29 is 23.2 Å². The van der Waals surface area contributed by atoms with Crippen LogP contribution in [0.3, 0.4) is 0 Å². The summed E-state index contributed by atoms with van der Waals surface area (Å²) in [7, 11) is 0. The van der Waals surface area contributed by atoms with Crippen LogP contribution in [-0.4, -0.2) is 24.3 Å². The van der Waals surface area contributed by atoms with Gasteiger partial charge in [0.15, 0.2) is 5.76 Å². The number of nitrogens with one attached hydrogen (secondary N) is 1. The van der Waals surface area contributed by atoms with E-state index in [-0.39, 0.29) is 24.9 Å². The zero-order chi connectivity index (χ0) is 19.1. The first-order chi connectivity index (χ1) is 13.1. The Morgan fingerprint density at radius 1 is 1.15 bits per heavy atom. The SMILES string of the molecule is CCOc1ccc(NC(=O)COCc2cc(-c3ccc(F)cc3)on2)cc1. The molecule has 0 unspecified atom stereocenters. The number of rotatable bonds is 8. The summed E-state index contributed by atoms with van der Waals surface area (Å²) in [6, 6.07) is 14.7. The molecule has 0 aliphatic carbocycles. The quantitative estimate of drug-likeness (QED) is 0.648. The highest BCUT2D eigenvalue weighted by atomic mass is 19.1. The van der Waals surface area contributed by atoms with Crippen molar-refractivity contribution in [3.63, 3.8) is 0 Å². The summed E-state index contributed by atoms with van der Waals surface area (Å²) in [5.41, 5.74) is 1.92. The number of carbonyl (C=O) groups excluding carboxylic acids is 1. The third kappa shape index (κ3) is 5.39. The van der Waals surface area contributed by atoms with E-state index in [1.54, 1.807) is 42.5 Å². The van der Waals surface area contributed by atoms with E-state index in [0.29, 0.717) is 29.3 Å². The molecule has 3 rings (SSSR count). The summed E-state index contributed by atoms with van der Waals surface area (Å²) in [4.78, 5) is 11.9. The molecule has 27 heavy (non-hydrogen) atoms. The van der Waals surface area contributed by atoms with Gasteiger partial charge in [-0.15, -0.1) is 0 Å². The third-order valence-electron chi connectivity index (χ3n) is 3.62. The molecule has 0 radical (unpaired) electrons. The molecule has 0 fully saturated rings. The number of benzene rings is 2. The van der Waals surface area contributed by atoms with Crippen LogP contribution in [0.25, 0.3) is 11.3 Å².